The molecular formula is C20H20N6O2. The number of fused-ring (bicyclic) bond motifs is 1. The van der Waals surface area contributed by atoms with Crippen LogP contribution in [0.5, 0.6) is 11.5 Å². The number of nitrogens with one attached hydrogen (secondary N) is 1. The van der Waals surface area contributed by atoms with Crippen molar-refractivity contribution >= 4 is 22.7 Å². The van der Waals surface area contributed by atoms with Gasteiger partial charge in [-0.25, -0.2) is 9.67 Å². The summed E-state index contributed by atoms with van der Waals surface area (Å²) >= 11 is 0. The number of benzene rings is 2. The summed E-state index contributed by atoms with van der Waals surface area (Å²) in [6.45, 7) is 0.470. The average molecular weight is 376 g/mol. The van der Waals surface area contributed by atoms with Gasteiger partial charge in [-0.2, -0.15) is 10.1 Å². The number of ether oxygens (including phenoxy) is 2. The molecular weight excluding hydrogens is 356 g/mol. The first-order valence-electron chi connectivity index (χ1n) is 8.71. The van der Waals surface area contributed by atoms with Crippen molar-refractivity contribution in [3.05, 3.63) is 60.4 Å². The molecule has 28 heavy (non-hydrogen) atoms. The SMILES string of the molecule is COc1cc2nc(NCc3ccn(-c4ccccc4)n3)nc(N)c2cc1OC. The summed E-state index contributed by atoms with van der Waals surface area (Å²) < 4.78 is 12.5. The summed E-state index contributed by atoms with van der Waals surface area (Å²) in [4.78, 5) is 8.86. The number of hydrogen-bond acceptors (Lipinski definition) is 7. The highest BCUT2D eigenvalue weighted by Crippen LogP contribution is 2.33. The van der Waals surface area contributed by atoms with Crippen LogP contribution >= 0.6 is 0 Å². The second-order valence-electron chi connectivity index (χ2n) is 6.10. The molecule has 0 unspecified atom stereocenters. The standard InChI is InChI=1S/C20H20N6O2/c1-27-17-10-15-16(11-18(17)28-2)23-20(24-19(15)21)22-12-13-8-9-26(25-13)14-6-4-3-5-7-14/h3-11H,12H2,1-2H3,(H3,21,22,23,24). The lowest BCUT2D eigenvalue weighted by atomic mass is 10.2. The van der Waals surface area contributed by atoms with E-state index in [9.17, 15) is 0 Å². The van der Waals surface area contributed by atoms with Crippen molar-refractivity contribution in [2.45, 2.75) is 6.54 Å². The number of anilines is 2. The van der Waals surface area contributed by atoms with Crippen molar-refractivity contribution in [1.82, 2.24) is 19.7 Å². The summed E-state index contributed by atoms with van der Waals surface area (Å²) in [6.07, 6.45) is 1.92. The van der Waals surface area contributed by atoms with Crippen LogP contribution in [0.1, 0.15) is 5.69 Å². The van der Waals surface area contributed by atoms with E-state index in [1.54, 1.807) is 26.4 Å². The van der Waals surface area contributed by atoms with E-state index < -0.39 is 0 Å². The Labute approximate surface area is 161 Å². The Bertz CT molecular complexity index is 1110. The zero-order valence-corrected chi connectivity index (χ0v) is 15.6. The fourth-order valence-corrected chi connectivity index (χ4v) is 2.91. The molecule has 4 aromatic rings. The lowest BCUT2D eigenvalue weighted by Gasteiger charge is -2.11. The maximum atomic E-state index is 6.11. The minimum Gasteiger partial charge on any atom is -0.493 e. The number of nitrogens with zero attached hydrogens (tertiary/aromatic N) is 4. The number of aromatic nitrogens is 4. The minimum absolute atomic E-state index is 0.364. The third kappa shape index (κ3) is 3.39. The molecule has 0 saturated carbocycles. The maximum Gasteiger partial charge on any atom is 0.225 e. The van der Waals surface area contributed by atoms with Gasteiger partial charge in [0.25, 0.3) is 0 Å². The Balaban J connectivity index is 1.56. The summed E-state index contributed by atoms with van der Waals surface area (Å²) in [6, 6.07) is 15.4. The molecule has 0 saturated heterocycles. The van der Waals surface area contributed by atoms with Crippen LogP contribution in [0, 0.1) is 0 Å². The van der Waals surface area contributed by atoms with E-state index in [0.717, 1.165) is 11.4 Å². The first-order valence-corrected chi connectivity index (χ1v) is 8.71. The largest absolute Gasteiger partial charge is 0.493 e. The summed E-state index contributed by atoms with van der Waals surface area (Å²) in [7, 11) is 3.15. The van der Waals surface area contributed by atoms with E-state index in [1.165, 1.54) is 0 Å². The van der Waals surface area contributed by atoms with Gasteiger partial charge >= 0.3 is 0 Å². The molecule has 142 valence electrons. The highest BCUT2D eigenvalue weighted by atomic mass is 16.5. The van der Waals surface area contributed by atoms with E-state index in [2.05, 4.69) is 20.4 Å². The Kier molecular flexibility index (Phi) is 4.67. The normalized spacial score (nSPS) is 10.8. The molecule has 0 aliphatic carbocycles. The van der Waals surface area contributed by atoms with Crippen molar-refractivity contribution in [3.63, 3.8) is 0 Å². The number of rotatable bonds is 6. The van der Waals surface area contributed by atoms with E-state index in [4.69, 9.17) is 15.2 Å². The predicted molar refractivity (Wildman–Crippen MR) is 108 cm³/mol. The Morgan fingerprint density at radius 2 is 1.75 bits per heavy atom. The molecule has 0 bridgehead atoms. The molecule has 0 amide bonds. The van der Waals surface area contributed by atoms with Gasteiger partial charge in [0.15, 0.2) is 11.5 Å². The fraction of sp³-hybridized carbons (Fsp3) is 0.150. The minimum atomic E-state index is 0.364. The quantitative estimate of drug-likeness (QED) is 0.533. The van der Waals surface area contributed by atoms with Crippen LogP contribution in [-0.2, 0) is 6.54 Å². The Morgan fingerprint density at radius 1 is 1.00 bits per heavy atom. The van der Waals surface area contributed by atoms with Gasteiger partial charge in [-0.15, -0.1) is 0 Å². The molecule has 2 aromatic carbocycles. The van der Waals surface area contributed by atoms with Crippen LogP contribution in [-0.4, -0.2) is 34.0 Å². The number of hydrogen-bond donors (Lipinski definition) is 2. The van der Waals surface area contributed by atoms with Crippen molar-refractivity contribution in [2.24, 2.45) is 0 Å². The highest BCUT2D eigenvalue weighted by molar-refractivity contribution is 5.91. The van der Waals surface area contributed by atoms with Crippen LogP contribution < -0.4 is 20.5 Å². The molecule has 8 heteroatoms. The molecule has 0 atom stereocenters. The first-order chi connectivity index (χ1) is 13.7. The van der Waals surface area contributed by atoms with Crippen LogP contribution in [0.3, 0.4) is 0 Å². The van der Waals surface area contributed by atoms with E-state index in [1.807, 2.05) is 47.3 Å². The first kappa shape index (κ1) is 17.6. The second-order valence-corrected chi connectivity index (χ2v) is 6.10. The molecule has 2 aromatic heterocycles. The number of nitrogens with two attached hydrogens (primary N) is 1. The lowest BCUT2D eigenvalue weighted by molar-refractivity contribution is 0.356. The van der Waals surface area contributed by atoms with Crippen LogP contribution in [0.2, 0.25) is 0 Å². The van der Waals surface area contributed by atoms with E-state index in [-0.39, 0.29) is 0 Å². The number of para-hydroxylation sites is 1. The van der Waals surface area contributed by atoms with Gasteiger partial charge in [0.1, 0.15) is 5.82 Å². The third-order valence-corrected chi connectivity index (χ3v) is 4.32. The highest BCUT2D eigenvalue weighted by Gasteiger charge is 2.12. The number of methoxy groups -OCH3 is 2. The van der Waals surface area contributed by atoms with E-state index >= 15 is 0 Å². The number of nitrogen functional groups attached to an aromatic ring is 1. The lowest BCUT2D eigenvalue weighted by Crippen LogP contribution is -2.07. The van der Waals surface area contributed by atoms with Crippen LogP contribution in [0.15, 0.2) is 54.7 Å². The Hall–Kier alpha value is -3.81. The van der Waals surface area contributed by atoms with Gasteiger partial charge < -0.3 is 20.5 Å². The summed E-state index contributed by atoms with van der Waals surface area (Å²) in [5.74, 6) is 1.95. The van der Waals surface area contributed by atoms with Crippen LogP contribution in [0.25, 0.3) is 16.6 Å². The van der Waals surface area contributed by atoms with Crippen LogP contribution in [0.4, 0.5) is 11.8 Å². The van der Waals surface area contributed by atoms with Crippen molar-refractivity contribution in [3.8, 4) is 17.2 Å². The van der Waals surface area contributed by atoms with Gasteiger partial charge in [0.2, 0.25) is 5.95 Å². The molecule has 0 fully saturated rings. The molecule has 0 radical (unpaired) electrons. The molecule has 8 nitrogen and oxygen atoms in total. The summed E-state index contributed by atoms with van der Waals surface area (Å²) in [5, 5.41) is 8.44. The topological polar surface area (TPSA) is 100 Å². The molecule has 0 aliphatic heterocycles. The molecule has 2 heterocycles. The third-order valence-electron chi connectivity index (χ3n) is 4.32. The van der Waals surface area contributed by atoms with Gasteiger partial charge in [0.05, 0.1) is 37.7 Å². The fourth-order valence-electron chi connectivity index (χ4n) is 2.91. The van der Waals surface area contributed by atoms with Gasteiger partial charge in [-0.1, -0.05) is 18.2 Å². The van der Waals surface area contributed by atoms with Crippen molar-refractivity contribution in [2.75, 3.05) is 25.3 Å². The van der Waals surface area contributed by atoms with Crippen molar-refractivity contribution < 1.29 is 9.47 Å². The maximum absolute atomic E-state index is 6.11. The summed E-state index contributed by atoms with van der Waals surface area (Å²) in [5.41, 5.74) is 8.64. The second kappa shape index (κ2) is 7.43. The van der Waals surface area contributed by atoms with Gasteiger partial charge in [0, 0.05) is 17.6 Å². The monoisotopic (exact) mass is 376 g/mol. The van der Waals surface area contributed by atoms with Gasteiger partial charge in [-0.3, -0.25) is 0 Å². The van der Waals surface area contributed by atoms with Gasteiger partial charge in [-0.05, 0) is 24.3 Å². The molecule has 4 rings (SSSR count). The zero-order chi connectivity index (χ0) is 19.5. The Morgan fingerprint density at radius 3 is 2.50 bits per heavy atom. The molecule has 3 N–H and O–H groups in total. The smallest absolute Gasteiger partial charge is 0.225 e. The van der Waals surface area contributed by atoms with Crippen molar-refractivity contribution in [1.29, 1.82) is 0 Å². The average Bonchev–Trinajstić information content (AvgIpc) is 3.21. The zero-order valence-electron chi connectivity index (χ0n) is 15.6. The molecule has 0 aliphatic rings. The van der Waals surface area contributed by atoms with E-state index in [0.29, 0.717) is 40.7 Å². The predicted octanol–water partition coefficient (Wildman–Crippen LogP) is 3.03. The molecule has 0 spiro atoms.